The van der Waals surface area contributed by atoms with Gasteiger partial charge in [-0.25, -0.2) is 9.51 Å². The molecule has 0 amide bonds. The molecule has 0 bridgehead atoms. The number of anilines is 1. The second kappa shape index (κ2) is 9.82. The number of aliphatic imine (C=N–C) groups is 1. The smallest absolute Gasteiger partial charge is 0.175 e. The average molecular weight is 461 g/mol. The molecule has 0 saturated carbocycles. The van der Waals surface area contributed by atoms with Gasteiger partial charge in [0.05, 0.1) is 22.6 Å². The number of fused-ring (bicyclic) bond motifs is 2. The Morgan fingerprint density at radius 3 is 2.91 bits per heavy atom. The molecule has 9 heteroatoms. The van der Waals surface area contributed by atoms with Gasteiger partial charge < -0.3 is 19.9 Å². The van der Waals surface area contributed by atoms with Gasteiger partial charge in [0.15, 0.2) is 5.82 Å². The van der Waals surface area contributed by atoms with Crippen LogP contribution in [0.5, 0.6) is 0 Å². The van der Waals surface area contributed by atoms with Crippen molar-refractivity contribution in [1.82, 2.24) is 24.4 Å². The third kappa shape index (κ3) is 4.62. The average Bonchev–Trinajstić information content (AvgIpc) is 3.57. The summed E-state index contributed by atoms with van der Waals surface area (Å²) in [5.41, 5.74) is 4.20. The molecule has 3 N–H and O–H groups in total. The Labute approximate surface area is 199 Å². The maximum Gasteiger partial charge on any atom is 0.175 e. The van der Waals surface area contributed by atoms with Gasteiger partial charge in [0.1, 0.15) is 18.1 Å². The summed E-state index contributed by atoms with van der Waals surface area (Å²) in [7, 11) is 4.08. The van der Waals surface area contributed by atoms with Crippen LogP contribution in [0.15, 0.2) is 47.7 Å². The number of pyridine rings is 1. The summed E-state index contributed by atoms with van der Waals surface area (Å²) in [5.74, 6) is 1.44. The van der Waals surface area contributed by atoms with Gasteiger partial charge in [-0.3, -0.25) is 10.3 Å². The number of nitrogens with one attached hydrogen (secondary N) is 3. The van der Waals surface area contributed by atoms with E-state index < -0.39 is 0 Å². The Hall–Kier alpha value is -3.43. The lowest BCUT2D eigenvalue weighted by atomic mass is 9.98. The van der Waals surface area contributed by atoms with Crippen LogP contribution in [-0.2, 0) is 4.74 Å². The van der Waals surface area contributed by atoms with E-state index in [0.29, 0.717) is 23.8 Å². The molecule has 3 aromatic heterocycles. The zero-order valence-electron chi connectivity index (χ0n) is 19.8. The van der Waals surface area contributed by atoms with E-state index in [4.69, 9.17) is 20.2 Å². The van der Waals surface area contributed by atoms with Crippen LogP contribution in [0.2, 0.25) is 0 Å². The normalized spacial score (nSPS) is 17.6. The molecule has 2 aliphatic rings. The van der Waals surface area contributed by atoms with Crippen molar-refractivity contribution in [3.63, 3.8) is 0 Å². The number of rotatable bonds is 9. The number of hydrogen-bond donors (Lipinski definition) is 3. The lowest BCUT2D eigenvalue weighted by Crippen LogP contribution is -2.25. The Morgan fingerprint density at radius 1 is 1.24 bits per heavy atom. The zero-order chi connectivity index (χ0) is 23.5. The molecule has 1 saturated heterocycles. The first-order valence-corrected chi connectivity index (χ1v) is 11.9. The van der Waals surface area contributed by atoms with Crippen LogP contribution in [0, 0.1) is 5.41 Å². The summed E-state index contributed by atoms with van der Waals surface area (Å²) >= 11 is 0. The standard InChI is InChI=1S/C25H32N8O/c1-31(2)14-10-28-25-24(20-7-3-4-13-33(20)30-25)29-19-17-21(23-18(22(19)26)8-9-27-23)34-16-15-32-11-5-6-12-32/h3-4,7-9,13,17,26-27H,5-6,10-12,14-16H2,1-2H3,(H,28,30). The predicted molar refractivity (Wildman–Crippen MR) is 137 cm³/mol. The SMILES string of the molecule is CN(C)CCNc1nn2ccccc2c1N=C1C=C(OCCN2CCCC2)c2[nH]ccc2C1=N. The molecule has 0 atom stereocenters. The zero-order valence-corrected chi connectivity index (χ0v) is 19.8. The van der Waals surface area contributed by atoms with Crippen LogP contribution in [-0.4, -0.2) is 89.2 Å². The van der Waals surface area contributed by atoms with Crippen LogP contribution in [0.4, 0.5) is 11.5 Å². The van der Waals surface area contributed by atoms with Crippen molar-refractivity contribution in [2.24, 2.45) is 4.99 Å². The molecule has 178 valence electrons. The number of H-pyrrole nitrogens is 1. The molecule has 3 aromatic rings. The summed E-state index contributed by atoms with van der Waals surface area (Å²) in [6.07, 6.45) is 8.17. The summed E-state index contributed by atoms with van der Waals surface area (Å²) in [6.45, 7) is 5.43. The molecular formula is C25H32N8O. The third-order valence-electron chi connectivity index (χ3n) is 6.25. The maximum atomic E-state index is 8.81. The lowest BCUT2D eigenvalue weighted by Gasteiger charge is -2.20. The van der Waals surface area contributed by atoms with Gasteiger partial charge >= 0.3 is 0 Å². The fourth-order valence-electron chi connectivity index (χ4n) is 4.41. The van der Waals surface area contributed by atoms with E-state index in [2.05, 4.69) is 20.1 Å². The van der Waals surface area contributed by atoms with Crippen molar-refractivity contribution in [3.05, 3.63) is 54.0 Å². The predicted octanol–water partition coefficient (Wildman–Crippen LogP) is 3.24. The Balaban J connectivity index is 1.46. The minimum absolute atomic E-state index is 0.373. The van der Waals surface area contributed by atoms with E-state index in [1.165, 1.54) is 12.8 Å². The number of likely N-dealkylation sites (tertiary alicyclic amines) is 1. The van der Waals surface area contributed by atoms with E-state index in [1.54, 1.807) is 0 Å². The van der Waals surface area contributed by atoms with Crippen LogP contribution in [0.1, 0.15) is 24.1 Å². The second-order valence-electron chi connectivity index (χ2n) is 9.00. The third-order valence-corrected chi connectivity index (χ3v) is 6.25. The van der Waals surface area contributed by atoms with Crippen molar-refractivity contribution in [2.75, 3.05) is 58.7 Å². The van der Waals surface area contributed by atoms with Crippen LogP contribution in [0.25, 0.3) is 11.3 Å². The number of nitrogens with zero attached hydrogens (tertiary/aromatic N) is 5. The number of aromatic nitrogens is 3. The van der Waals surface area contributed by atoms with E-state index in [0.717, 1.165) is 60.9 Å². The van der Waals surface area contributed by atoms with E-state index >= 15 is 0 Å². The number of aromatic amines is 1. The molecule has 0 radical (unpaired) electrons. The minimum atomic E-state index is 0.373. The minimum Gasteiger partial charge on any atom is -0.490 e. The van der Waals surface area contributed by atoms with Gasteiger partial charge in [0.25, 0.3) is 0 Å². The Bertz CT molecular complexity index is 1230. The second-order valence-corrected chi connectivity index (χ2v) is 9.00. The fourth-order valence-corrected chi connectivity index (χ4v) is 4.41. The Morgan fingerprint density at radius 2 is 2.09 bits per heavy atom. The highest BCUT2D eigenvalue weighted by Crippen LogP contribution is 2.32. The van der Waals surface area contributed by atoms with Crippen LogP contribution < -0.4 is 5.32 Å². The number of ether oxygens (including phenoxy) is 1. The first-order chi connectivity index (χ1) is 16.6. The molecule has 1 aliphatic carbocycles. The molecule has 0 unspecified atom stereocenters. The highest BCUT2D eigenvalue weighted by atomic mass is 16.5. The summed E-state index contributed by atoms with van der Waals surface area (Å²) in [6, 6.07) is 7.83. The summed E-state index contributed by atoms with van der Waals surface area (Å²) in [5, 5.41) is 16.9. The quantitative estimate of drug-likeness (QED) is 0.456. The van der Waals surface area contributed by atoms with E-state index in [1.807, 2.05) is 61.3 Å². The van der Waals surface area contributed by atoms with Gasteiger partial charge in [0, 0.05) is 43.7 Å². The van der Waals surface area contributed by atoms with Gasteiger partial charge in [-0.15, -0.1) is 5.10 Å². The molecule has 4 heterocycles. The molecule has 34 heavy (non-hydrogen) atoms. The van der Waals surface area contributed by atoms with Gasteiger partial charge in [-0.1, -0.05) is 6.07 Å². The molecule has 0 aromatic carbocycles. The fraction of sp³-hybridized carbons (Fsp3) is 0.400. The molecule has 1 fully saturated rings. The number of likely N-dealkylation sites (N-methyl/N-ethyl adjacent to an activating group) is 1. The van der Waals surface area contributed by atoms with Crippen molar-refractivity contribution >= 4 is 34.2 Å². The Kier molecular flexibility index (Phi) is 6.46. The molecular weight excluding hydrogens is 428 g/mol. The number of hydrogen-bond acceptors (Lipinski definition) is 7. The highest BCUT2D eigenvalue weighted by Gasteiger charge is 2.25. The molecule has 5 rings (SSSR count). The van der Waals surface area contributed by atoms with E-state index in [9.17, 15) is 0 Å². The first kappa shape index (κ1) is 22.4. The molecule has 0 spiro atoms. The highest BCUT2D eigenvalue weighted by molar-refractivity contribution is 6.54. The van der Waals surface area contributed by atoms with Crippen LogP contribution in [0.3, 0.4) is 0 Å². The van der Waals surface area contributed by atoms with Crippen molar-refractivity contribution in [1.29, 1.82) is 5.41 Å². The molecule has 9 nitrogen and oxygen atoms in total. The van der Waals surface area contributed by atoms with Gasteiger partial charge in [-0.2, -0.15) is 0 Å². The van der Waals surface area contributed by atoms with E-state index in [-0.39, 0.29) is 0 Å². The largest absolute Gasteiger partial charge is 0.490 e. The van der Waals surface area contributed by atoms with Gasteiger partial charge in [-0.05, 0) is 58.2 Å². The lowest BCUT2D eigenvalue weighted by molar-refractivity contribution is 0.213. The monoisotopic (exact) mass is 460 g/mol. The topological polar surface area (TPSA) is 97.0 Å². The maximum absolute atomic E-state index is 8.81. The van der Waals surface area contributed by atoms with Crippen LogP contribution >= 0.6 is 0 Å². The van der Waals surface area contributed by atoms with Crippen molar-refractivity contribution in [3.8, 4) is 0 Å². The number of allylic oxidation sites excluding steroid dienone is 1. The van der Waals surface area contributed by atoms with Gasteiger partial charge in [0.2, 0.25) is 0 Å². The van der Waals surface area contributed by atoms with Crippen molar-refractivity contribution < 1.29 is 4.74 Å². The van der Waals surface area contributed by atoms with Crippen molar-refractivity contribution in [2.45, 2.75) is 12.8 Å². The molecule has 1 aliphatic heterocycles. The first-order valence-electron chi connectivity index (χ1n) is 11.9. The summed E-state index contributed by atoms with van der Waals surface area (Å²) in [4.78, 5) is 12.7. The summed E-state index contributed by atoms with van der Waals surface area (Å²) < 4.78 is 8.03.